The monoisotopic (exact) mass is 185 g/mol. The Labute approximate surface area is 77.5 Å². The third-order valence-electron chi connectivity index (χ3n) is 1.45. The lowest BCUT2D eigenvalue weighted by molar-refractivity contribution is 0.0203. The molecule has 1 aliphatic rings. The fourth-order valence-electron chi connectivity index (χ4n) is 0.920. The first-order valence-electron chi connectivity index (χ1n) is 4.20. The van der Waals surface area contributed by atoms with Crippen LogP contribution in [0.15, 0.2) is 5.10 Å². The SMILES string of the molecule is CC(C)(C)OC(=O)N1N=CCC1N. The highest BCUT2D eigenvalue weighted by Crippen LogP contribution is 2.13. The normalized spacial score (nSPS) is 22.2. The maximum absolute atomic E-state index is 11.4. The minimum atomic E-state index is -0.505. The Morgan fingerprint density at radius 3 is 2.69 bits per heavy atom. The van der Waals surface area contributed by atoms with E-state index in [2.05, 4.69) is 5.10 Å². The Morgan fingerprint density at radius 1 is 1.69 bits per heavy atom. The number of carbonyl (C=O) groups is 1. The smallest absolute Gasteiger partial charge is 0.432 e. The van der Waals surface area contributed by atoms with Crippen molar-refractivity contribution in [2.24, 2.45) is 10.8 Å². The molecule has 1 atom stereocenters. The molecule has 0 spiro atoms. The van der Waals surface area contributed by atoms with Gasteiger partial charge in [0.15, 0.2) is 0 Å². The second kappa shape index (κ2) is 3.33. The maximum Gasteiger partial charge on any atom is 0.432 e. The van der Waals surface area contributed by atoms with Crippen LogP contribution in [0.1, 0.15) is 27.2 Å². The van der Waals surface area contributed by atoms with Gasteiger partial charge in [-0.15, -0.1) is 0 Å². The number of nitrogens with zero attached hydrogens (tertiary/aromatic N) is 2. The Balaban J connectivity index is 2.53. The van der Waals surface area contributed by atoms with E-state index in [1.165, 1.54) is 0 Å². The predicted octanol–water partition coefficient (Wildman–Crippen LogP) is 0.898. The molecular formula is C8H15N3O2. The van der Waals surface area contributed by atoms with Crippen molar-refractivity contribution in [1.29, 1.82) is 0 Å². The number of amides is 1. The fourth-order valence-corrected chi connectivity index (χ4v) is 0.920. The van der Waals surface area contributed by atoms with Gasteiger partial charge in [-0.25, -0.2) is 4.79 Å². The average Bonchev–Trinajstić information content (AvgIpc) is 2.30. The summed E-state index contributed by atoms with van der Waals surface area (Å²) in [7, 11) is 0. The number of carbonyl (C=O) groups excluding carboxylic acids is 1. The molecule has 0 saturated carbocycles. The molecule has 0 saturated heterocycles. The predicted molar refractivity (Wildman–Crippen MR) is 49.2 cm³/mol. The van der Waals surface area contributed by atoms with Crippen LogP contribution in [0.3, 0.4) is 0 Å². The molecule has 5 heteroatoms. The molecule has 2 N–H and O–H groups in total. The summed E-state index contributed by atoms with van der Waals surface area (Å²) in [6, 6.07) is 0. The standard InChI is InChI=1S/C8H15N3O2/c1-8(2,3)13-7(12)11-6(9)4-5-10-11/h5-6H,4,9H2,1-3H3. The van der Waals surface area contributed by atoms with E-state index in [4.69, 9.17) is 10.5 Å². The van der Waals surface area contributed by atoms with Gasteiger partial charge in [0.25, 0.3) is 0 Å². The van der Waals surface area contributed by atoms with Crippen LogP contribution in [0.2, 0.25) is 0 Å². The molecule has 0 aromatic carbocycles. The molecule has 0 fully saturated rings. The maximum atomic E-state index is 11.4. The van der Waals surface area contributed by atoms with E-state index in [1.807, 2.05) is 0 Å². The fraction of sp³-hybridized carbons (Fsp3) is 0.750. The molecule has 0 radical (unpaired) electrons. The number of hydrogen-bond acceptors (Lipinski definition) is 4. The van der Waals surface area contributed by atoms with Gasteiger partial charge >= 0.3 is 6.09 Å². The van der Waals surface area contributed by atoms with E-state index in [0.717, 1.165) is 5.01 Å². The summed E-state index contributed by atoms with van der Waals surface area (Å²) in [5, 5.41) is 4.97. The third kappa shape index (κ3) is 2.69. The Bertz CT molecular complexity index is 232. The van der Waals surface area contributed by atoms with E-state index in [9.17, 15) is 4.79 Å². The summed E-state index contributed by atoms with van der Waals surface area (Å²) in [4.78, 5) is 11.4. The van der Waals surface area contributed by atoms with E-state index in [-0.39, 0.29) is 6.17 Å². The summed E-state index contributed by atoms with van der Waals surface area (Å²) in [5.74, 6) is 0. The molecule has 5 nitrogen and oxygen atoms in total. The summed E-state index contributed by atoms with van der Waals surface area (Å²) >= 11 is 0. The minimum Gasteiger partial charge on any atom is -0.442 e. The van der Waals surface area contributed by atoms with Crippen molar-refractivity contribution in [3.05, 3.63) is 0 Å². The zero-order valence-corrected chi connectivity index (χ0v) is 8.15. The van der Waals surface area contributed by atoms with Crippen LogP contribution in [0, 0.1) is 0 Å². The number of ether oxygens (including phenoxy) is 1. The largest absolute Gasteiger partial charge is 0.442 e. The van der Waals surface area contributed by atoms with Gasteiger partial charge < -0.3 is 10.5 Å². The molecule has 0 bridgehead atoms. The van der Waals surface area contributed by atoms with Crippen LogP contribution in [-0.2, 0) is 4.74 Å². The van der Waals surface area contributed by atoms with E-state index in [1.54, 1.807) is 27.0 Å². The Hall–Kier alpha value is -1.10. The van der Waals surface area contributed by atoms with Crippen molar-refractivity contribution in [3.8, 4) is 0 Å². The number of hydrazone groups is 1. The summed E-state index contributed by atoms with van der Waals surface area (Å²) in [6.07, 6.45) is 1.32. The lowest BCUT2D eigenvalue weighted by Crippen LogP contribution is -2.42. The van der Waals surface area contributed by atoms with Gasteiger partial charge in [0, 0.05) is 12.6 Å². The van der Waals surface area contributed by atoms with Gasteiger partial charge in [0.05, 0.1) is 0 Å². The van der Waals surface area contributed by atoms with Crippen LogP contribution in [0.5, 0.6) is 0 Å². The molecule has 1 amide bonds. The first-order chi connectivity index (χ1) is 5.90. The summed E-state index contributed by atoms with van der Waals surface area (Å²) < 4.78 is 5.09. The van der Waals surface area contributed by atoms with Crippen molar-refractivity contribution < 1.29 is 9.53 Å². The lowest BCUT2D eigenvalue weighted by Gasteiger charge is -2.24. The van der Waals surface area contributed by atoms with Crippen LogP contribution in [0.25, 0.3) is 0 Å². The highest BCUT2D eigenvalue weighted by atomic mass is 16.6. The van der Waals surface area contributed by atoms with Gasteiger partial charge in [0.1, 0.15) is 11.8 Å². The molecule has 0 aromatic heterocycles. The summed E-state index contributed by atoms with van der Waals surface area (Å²) in [5.41, 5.74) is 5.09. The van der Waals surface area contributed by atoms with Gasteiger partial charge in [-0.05, 0) is 20.8 Å². The zero-order valence-electron chi connectivity index (χ0n) is 8.15. The van der Waals surface area contributed by atoms with Crippen molar-refractivity contribution >= 4 is 12.3 Å². The first-order valence-corrected chi connectivity index (χ1v) is 4.20. The van der Waals surface area contributed by atoms with Crippen molar-refractivity contribution in [1.82, 2.24) is 5.01 Å². The second-order valence-electron chi connectivity index (χ2n) is 3.93. The molecule has 1 heterocycles. The highest BCUT2D eigenvalue weighted by molar-refractivity contribution is 5.73. The first kappa shape index (κ1) is 9.98. The van der Waals surface area contributed by atoms with Crippen LogP contribution in [0.4, 0.5) is 4.79 Å². The third-order valence-corrected chi connectivity index (χ3v) is 1.45. The number of rotatable bonds is 0. The van der Waals surface area contributed by atoms with Gasteiger partial charge in [-0.1, -0.05) is 0 Å². The molecule has 0 aliphatic carbocycles. The summed E-state index contributed by atoms with van der Waals surface area (Å²) in [6.45, 7) is 5.41. The Morgan fingerprint density at radius 2 is 2.31 bits per heavy atom. The van der Waals surface area contributed by atoms with E-state index < -0.39 is 11.7 Å². The zero-order chi connectivity index (χ0) is 10.1. The molecule has 1 rings (SSSR count). The van der Waals surface area contributed by atoms with Crippen molar-refractivity contribution in [3.63, 3.8) is 0 Å². The van der Waals surface area contributed by atoms with Crippen molar-refractivity contribution in [2.75, 3.05) is 0 Å². The quantitative estimate of drug-likeness (QED) is 0.609. The van der Waals surface area contributed by atoms with E-state index in [0.29, 0.717) is 6.42 Å². The molecule has 1 unspecified atom stereocenters. The molecular weight excluding hydrogens is 170 g/mol. The topological polar surface area (TPSA) is 67.9 Å². The molecule has 13 heavy (non-hydrogen) atoms. The minimum absolute atomic E-state index is 0.380. The lowest BCUT2D eigenvalue weighted by atomic mass is 10.2. The second-order valence-corrected chi connectivity index (χ2v) is 3.93. The van der Waals surface area contributed by atoms with Gasteiger partial charge in [0.2, 0.25) is 0 Å². The van der Waals surface area contributed by atoms with Crippen LogP contribution in [-0.4, -0.2) is 29.1 Å². The molecule has 0 aromatic rings. The van der Waals surface area contributed by atoms with Gasteiger partial charge in [-0.2, -0.15) is 10.1 Å². The molecule has 1 aliphatic heterocycles. The highest BCUT2D eigenvalue weighted by Gasteiger charge is 2.28. The number of hydrogen-bond donors (Lipinski definition) is 1. The Kier molecular flexibility index (Phi) is 2.56. The van der Waals surface area contributed by atoms with Crippen LogP contribution < -0.4 is 5.73 Å². The average molecular weight is 185 g/mol. The molecule has 74 valence electrons. The number of nitrogens with two attached hydrogens (primary N) is 1. The van der Waals surface area contributed by atoms with Crippen molar-refractivity contribution in [2.45, 2.75) is 39.0 Å². The van der Waals surface area contributed by atoms with Crippen LogP contribution >= 0.6 is 0 Å². The van der Waals surface area contributed by atoms with Gasteiger partial charge in [-0.3, -0.25) is 0 Å². The van der Waals surface area contributed by atoms with E-state index >= 15 is 0 Å².